The van der Waals surface area contributed by atoms with Gasteiger partial charge in [0, 0.05) is 0 Å². The van der Waals surface area contributed by atoms with Gasteiger partial charge in [-0.1, -0.05) is 6.92 Å². The first-order chi connectivity index (χ1) is 14.7. The lowest BCUT2D eigenvalue weighted by Gasteiger charge is -2.17. The Morgan fingerprint density at radius 2 is 1.10 bits per heavy atom. The number of nitrogens with zero attached hydrogens (tertiary/aromatic N) is 3. The van der Waals surface area contributed by atoms with Gasteiger partial charge in [-0.25, -0.2) is 37.7 Å². The van der Waals surface area contributed by atoms with Crippen LogP contribution in [0.15, 0.2) is 14.4 Å². The van der Waals surface area contributed by atoms with Gasteiger partial charge in [-0.15, -0.1) is 0 Å². The molecule has 4 rings (SSSR count). The maximum Gasteiger partial charge on any atom is 0.508 e. The van der Waals surface area contributed by atoms with Gasteiger partial charge in [-0.05, 0) is 6.42 Å². The van der Waals surface area contributed by atoms with Crippen molar-refractivity contribution in [1.82, 2.24) is 13.7 Å². The van der Waals surface area contributed by atoms with E-state index in [1.165, 1.54) is 0 Å². The second-order valence-electron chi connectivity index (χ2n) is 7.48. The Bertz CT molecular complexity index is 1030. The van der Waals surface area contributed by atoms with Crippen LogP contribution < -0.4 is 17.1 Å². The number of hydrogen-bond donors (Lipinski definition) is 0. The number of cyclic esters (lactones) is 5. The van der Waals surface area contributed by atoms with E-state index in [0.29, 0.717) is 6.42 Å². The predicted octanol–water partition coefficient (Wildman–Crippen LogP) is -1.81. The Balaban J connectivity index is 1.71. The summed E-state index contributed by atoms with van der Waals surface area (Å²) in [5.74, 6) is -0.837. The van der Waals surface area contributed by atoms with Crippen molar-refractivity contribution in [3.63, 3.8) is 0 Å². The van der Waals surface area contributed by atoms with Crippen LogP contribution in [0.2, 0.25) is 0 Å². The summed E-state index contributed by atoms with van der Waals surface area (Å²) in [6.07, 6.45) is -4.12. The normalized spacial score (nSPS) is 27.5. The van der Waals surface area contributed by atoms with Crippen LogP contribution in [-0.2, 0) is 48.1 Å². The second-order valence-corrected chi connectivity index (χ2v) is 7.48. The molecular formula is C17H19N3O11. The highest BCUT2D eigenvalue weighted by molar-refractivity contribution is 5.74. The molecule has 14 heteroatoms. The van der Waals surface area contributed by atoms with Crippen LogP contribution in [0.4, 0.5) is 9.59 Å². The minimum atomic E-state index is -0.978. The van der Waals surface area contributed by atoms with Crippen LogP contribution in [0.3, 0.4) is 0 Å². The third-order valence-electron chi connectivity index (χ3n) is 5.15. The number of esters is 1. The monoisotopic (exact) mass is 441 g/mol. The molecule has 0 N–H and O–H groups in total. The van der Waals surface area contributed by atoms with Crippen LogP contribution in [0.5, 0.6) is 0 Å². The van der Waals surface area contributed by atoms with Crippen LogP contribution >= 0.6 is 0 Å². The maximum absolute atomic E-state index is 13.0. The van der Waals surface area contributed by atoms with E-state index in [9.17, 15) is 28.8 Å². The highest BCUT2D eigenvalue weighted by atomic mass is 16.8. The lowest BCUT2D eigenvalue weighted by atomic mass is 10.1. The summed E-state index contributed by atoms with van der Waals surface area (Å²) in [7, 11) is 0. The minimum Gasteiger partial charge on any atom is -0.460 e. The van der Waals surface area contributed by atoms with Crippen molar-refractivity contribution in [3.05, 3.63) is 31.5 Å². The molecule has 1 aromatic rings. The molecule has 168 valence electrons. The molecule has 4 unspecified atom stereocenters. The molecule has 4 atom stereocenters. The van der Waals surface area contributed by atoms with E-state index in [-0.39, 0.29) is 38.8 Å². The standard InChI is InChI=1S/C17H19N3O11/c1-8-2-9(29-12(8)21)3-18-13(22)19(4-10-6-27-16(25)30-10)15(24)20(14(18)23)5-11-7-28-17(26)31-11/h8-11H,2-7H2,1H3. The lowest BCUT2D eigenvalue weighted by Crippen LogP contribution is -2.57. The molecule has 3 aliphatic rings. The van der Waals surface area contributed by atoms with E-state index < -0.39 is 53.7 Å². The number of carbonyl (C=O) groups excluding carboxylic acids is 3. The molecule has 4 heterocycles. The zero-order valence-corrected chi connectivity index (χ0v) is 16.4. The summed E-state index contributed by atoms with van der Waals surface area (Å²) in [5.41, 5.74) is -2.89. The first-order valence-corrected chi connectivity index (χ1v) is 9.54. The fraction of sp³-hybridized carbons (Fsp3) is 0.647. The lowest BCUT2D eigenvalue weighted by molar-refractivity contribution is -0.144. The van der Waals surface area contributed by atoms with Gasteiger partial charge in [0.2, 0.25) is 0 Å². The zero-order valence-electron chi connectivity index (χ0n) is 16.4. The zero-order chi connectivity index (χ0) is 22.3. The largest absolute Gasteiger partial charge is 0.508 e. The van der Waals surface area contributed by atoms with Gasteiger partial charge in [0.15, 0.2) is 12.2 Å². The molecule has 3 aliphatic heterocycles. The van der Waals surface area contributed by atoms with E-state index in [1.807, 2.05) is 0 Å². The van der Waals surface area contributed by atoms with E-state index in [2.05, 4.69) is 9.47 Å². The fourth-order valence-electron chi connectivity index (χ4n) is 3.60. The molecule has 1 aromatic heterocycles. The van der Waals surface area contributed by atoms with Crippen molar-refractivity contribution in [2.75, 3.05) is 13.2 Å². The maximum atomic E-state index is 13.0. The second kappa shape index (κ2) is 7.92. The summed E-state index contributed by atoms with van der Waals surface area (Å²) in [6.45, 7) is 0.339. The van der Waals surface area contributed by atoms with Gasteiger partial charge in [-0.3, -0.25) is 4.79 Å². The highest BCUT2D eigenvalue weighted by Crippen LogP contribution is 2.21. The molecule has 0 radical (unpaired) electrons. The van der Waals surface area contributed by atoms with E-state index >= 15 is 0 Å². The van der Waals surface area contributed by atoms with Gasteiger partial charge in [0.25, 0.3) is 0 Å². The Morgan fingerprint density at radius 3 is 1.42 bits per heavy atom. The van der Waals surface area contributed by atoms with Crippen molar-refractivity contribution < 1.29 is 38.1 Å². The van der Waals surface area contributed by atoms with Gasteiger partial charge in [0.05, 0.1) is 25.6 Å². The van der Waals surface area contributed by atoms with Crippen molar-refractivity contribution in [3.8, 4) is 0 Å². The van der Waals surface area contributed by atoms with Crippen molar-refractivity contribution >= 4 is 18.3 Å². The summed E-state index contributed by atoms with van der Waals surface area (Å²) < 4.78 is 26.5. The van der Waals surface area contributed by atoms with E-state index in [0.717, 1.165) is 13.7 Å². The minimum absolute atomic E-state index is 0.171. The van der Waals surface area contributed by atoms with Gasteiger partial charge in [-0.2, -0.15) is 0 Å². The number of aromatic nitrogens is 3. The third kappa shape index (κ3) is 4.04. The number of rotatable bonds is 6. The molecule has 3 fully saturated rings. The first-order valence-electron chi connectivity index (χ1n) is 9.54. The third-order valence-corrected chi connectivity index (χ3v) is 5.15. The van der Waals surface area contributed by atoms with Crippen LogP contribution in [0, 0.1) is 5.92 Å². The molecule has 0 spiro atoms. The number of ether oxygens (including phenoxy) is 5. The van der Waals surface area contributed by atoms with Crippen molar-refractivity contribution in [1.29, 1.82) is 0 Å². The summed E-state index contributed by atoms with van der Waals surface area (Å²) in [5, 5.41) is 0. The summed E-state index contributed by atoms with van der Waals surface area (Å²) in [4.78, 5) is 72.8. The van der Waals surface area contributed by atoms with E-state index in [1.54, 1.807) is 6.92 Å². The quantitative estimate of drug-likeness (QED) is 0.361. The Kier molecular flexibility index (Phi) is 5.29. The van der Waals surface area contributed by atoms with Gasteiger partial charge >= 0.3 is 35.3 Å². The molecular weight excluding hydrogens is 422 g/mol. The smallest absolute Gasteiger partial charge is 0.460 e. The number of hydrogen-bond acceptors (Lipinski definition) is 11. The molecule has 14 nitrogen and oxygen atoms in total. The molecule has 0 aliphatic carbocycles. The SMILES string of the molecule is CC1CC(Cn2c(=O)n(CC3COC(=O)O3)c(=O)n(CC3COC(=O)O3)c2=O)OC1=O. The average molecular weight is 441 g/mol. The number of carbonyl (C=O) groups is 3. The Labute approximate surface area is 172 Å². The molecule has 0 amide bonds. The Morgan fingerprint density at radius 1 is 0.677 bits per heavy atom. The fourth-order valence-corrected chi connectivity index (χ4v) is 3.60. The van der Waals surface area contributed by atoms with Crippen LogP contribution in [0.25, 0.3) is 0 Å². The Hall–Kier alpha value is -3.58. The van der Waals surface area contributed by atoms with Crippen LogP contribution in [0.1, 0.15) is 13.3 Å². The topological polar surface area (TPSA) is 163 Å². The first kappa shape index (κ1) is 20.7. The van der Waals surface area contributed by atoms with Gasteiger partial charge < -0.3 is 23.7 Å². The van der Waals surface area contributed by atoms with Crippen molar-refractivity contribution in [2.24, 2.45) is 5.92 Å². The molecule has 31 heavy (non-hydrogen) atoms. The molecule has 0 bridgehead atoms. The van der Waals surface area contributed by atoms with Crippen LogP contribution in [-0.4, -0.2) is 63.5 Å². The van der Waals surface area contributed by atoms with E-state index in [4.69, 9.17) is 14.2 Å². The highest BCUT2D eigenvalue weighted by Gasteiger charge is 2.34. The molecule has 0 saturated carbocycles. The molecule has 0 aromatic carbocycles. The summed E-state index contributed by atoms with van der Waals surface area (Å²) in [6, 6.07) is 0. The molecule has 3 saturated heterocycles. The van der Waals surface area contributed by atoms with Crippen molar-refractivity contribution in [2.45, 2.75) is 51.3 Å². The summed E-state index contributed by atoms with van der Waals surface area (Å²) >= 11 is 0. The average Bonchev–Trinajstić information content (AvgIpc) is 3.41. The predicted molar refractivity (Wildman–Crippen MR) is 95.3 cm³/mol. The van der Waals surface area contributed by atoms with Gasteiger partial charge in [0.1, 0.15) is 19.3 Å².